The molecule has 0 aromatic heterocycles. The Morgan fingerprint density at radius 1 is 1.11 bits per heavy atom. The molecule has 3 rings (SSSR count). The van der Waals surface area contributed by atoms with Gasteiger partial charge < -0.3 is 5.32 Å². The number of anilines is 1. The fourth-order valence-electron chi connectivity index (χ4n) is 2.43. The lowest BCUT2D eigenvalue weighted by molar-refractivity contribution is -0.117. The molecule has 0 saturated carbocycles. The highest BCUT2D eigenvalue weighted by atomic mass is 16.2. The number of carbonyl (C=O) groups is 1. The Morgan fingerprint density at radius 3 is 2.58 bits per heavy atom. The Hall–Kier alpha value is -2.60. The van der Waals surface area contributed by atoms with Crippen LogP contribution in [0.5, 0.6) is 0 Å². The van der Waals surface area contributed by atoms with Crippen LogP contribution in [0, 0.1) is 11.3 Å². The van der Waals surface area contributed by atoms with E-state index in [4.69, 9.17) is 5.26 Å². The minimum Gasteiger partial charge on any atom is -0.325 e. The summed E-state index contributed by atoms with van der Waals surface area (Å²) in [4.78, 5) is 12.0. The Labute approximate surface area is 111 Å². The molecule has 0 spiro atoms. The van der Waals surface area contributed by atoms with Crippen LogP contribution in [0.2, 0.25) is 0 Å². The molecule has 0 bridgehead atoms. The van der Waals surface area contributed by atoms with E-state index in [-0.39, 0.29) is 11.8 Å². The number of amides is 1. The molecule has 1 atom stereocenters. The second kappa shape index (κ2) is 4.58. The third-order valence-corrected chi connectivity index (χ3v) is 3.43. The van der Waals surface area contributed by atoms with E-state index < -0.39 is 0 Å². The van der Waals surface area contributed by atoms with Gasteiger partial charge in [-0.3, -0.25) is 4.79 Å². The summed E-state index contributed by atoms with van der Waals surface area (Å²) in [5, 5.41) is 11.7. The normalized spacial score (nSPS) is 16.6. The van der Waals surface area contributed by atoms with Gasteiger partial charge in [0.05, 0.1) is 17.6 Å². The van der Waals surface area contributed by atoms with Gasteiger partial charge in [-0.1, -0.05) is 30.3 Å². The predicted molar refractivity (Wildman–Crippen MR) is 72.7 cm³/mol. The second-order valence-corrected chi connectivity index (χ2v) is 4.64. The topological polar surface area (TPSA) is 52.9 Å². The first kappa shape index (κ1) is 11.5. The van der Waals surface area contributed by atoms with E-state index in [9.17, 15) is 4.79 Å². The summed E-state index contributed by atoms with van der Waals surface area (Å²) in [7, 11) is 0. The fourth-order valence-corrected chi connectivity index (χ4v) is 2.43. The van der Waals surface area contributed by atoms with Gasteiger partial charge in [-0.2, -0.15) is 5.26 Å². The molecular weight excluding hydrogens is 236 g/mol. The van der Waals surface area contributed by atoms with Gasteiger partial charge in [0.1, 0.15) is 0 Å². The van der Waals surface area contributed by atoms with Crippen molar-refractivity contribution in [2.24, 2.45) is 0 Å². The van der Waals surface area contributed by atoms with E-state index in [0.717, 1.165) is 16.8 Å². The first-order chi connectivity index (χ1) is 9.28. The maximum absolute atomic E-state index is 12.0. The van der Waals surface area contributed by atoms with Crippen molar-refractivity contribution in [1.82, 2.24) is 0 Å². The van der Waals surface area contributed by atoms with E-state index in [0.29, 0.717) is 12.0 Å². The largest absolute Gasteiger partial charge is 0.325 e. The zero-order valence-corrected chi connectivity index (χ0v) is 10.3. The van der Waals surface area contributed by atoms with Crippen molar-refractivity contribution in [2.75, 3.05) is 5.32 Å². The standard InChI is InChI=1S/C16H12N2O/c17-10-12-7-5-11(6-8-12)9-14-13-3-1-2-4-15(13)18-16(14)19/h1-8,14H,9H2,(H,18,19). The third-order valence-electron chi connectivity index (χ3n) is 3.43. The van der Waals surface area contributed by atoms with Gasteiger partial charge in [-0.25, -0.2) is 0 Å². The van der Waals surface area contributed by atoms with E-state index in [2.05, 4.69) is 11.4 Å². The van der Waals surface area contributed by atoms with Crippen LogP contribution in [-0.2, 0) is 11.2 Å². The van der Waals surface area contributed by atoms with Crippen molar-refractivity contribution in [1.29, 1.82) is 5.26 Å². The summed E-state index contributed by atoms with van der Waals surface area (Å²) in [6.45, 7) is 0. The summed E-state index contributed by atoms with van der Waals surface area (Å²) < 4.78 is 0. The molecule has 92 valence electrons. The molecule has 0 radical (unpaired) electrons. The third kappa shape index (κ3) is 2.09. The van der Waals surface area contributed by atoms with Crippen LogP contribution in [0.4, 0.5) is 5.69 Å². The van der Waals surface area contributed by atoms with Crippen LogP contribution in [0.3, 0.4) is 0 Å². The summed E-state index contributed by atoms with van der Waals surface area (Å²) in [6.07, 6.45) is 0.661. The summed E-state index contributed by atoms with van der Waals surface area (Å²) in [5.74, 6) is -0.0882. The Kier molecular flexibility index (Phi) is 2.77. The highest BCUT2D eigenvalue weighted by Gasteiger charge is 2.29. The van der Waals surface area contributed by atoms with Gasteiger partial charge >= 0.3 is 0 Å². The first-order valence-corrected chi connectivity index (χ1v) is 6.17. The monoisotopic (exact) mass is 248 g/mol. The van der Waals surface area contributed by atoms with Gasteiger partial charge in [-0.05, 0) is 35.7 Å². The Morgan fingerprint density at radius 2 is 1.84 bits per heavy atom. The average molecular weight is 248 g/mol. The number of hydrogen-bond acceptors (Lipinski definition) is 2. The maximum Gasteiger partial charge on any atom is 0.232 e. The molecule has 1 aliphatic heterocycles. The molecule has 0 saturated heterocycles. The van der Waals surface area contributed by atoms with Crippen LogP contribution < -0.4 is 5.32 Å². The smallest absolute Gasteiger partial charge is 0.232 e. The average Bonchev–Trinajstić information content (AvgIpc) is 2.76. The van der Waals surface area contributed by atoms with Crippen molar-refractivity contribution in [3.05, 3.63) is 65.2 Å². The summed E-state index contributed by atoms with van der Waals surface area (Å²) >= 11 is 0. The van der Waals surface area contributed by atoms with Crippen molar-refractivity contribution in [3.8, 4) is 6.07 Å². The van der Waals surface area contributed by atoms with Crippen LogP contribution >= 0.6 is 0 Å². The number of nitrogens with one attached hydrogen (secondary N) is 1. The van der Waals surface area contributed by atoms with Crippen LogP contribution in [-0.4, -0.2) is 5.91 Å². The predicted octanol–water partition coefficient (Wildman–Crippen LogP) is 2.84. The lowest BCUT2D eigenvalue weighted by Gasteiger charge is -2.08. The van der Waals surface area contributed by atoms with Crippen molar-refractivity contribution < 1.29 is 4.79 Å². The van der Waals surface area contributed by atoms with E-state index in [1.165, 1.54) is 0 Å². The van der Waals surface area contributed by atoms with Crippen molar-refractivity contribution in [3.63, 3.8) is 0 Å². The van der Waals surface area contributed by atoms with Crippen molar-refractivity contribution in [2.45, 2.75) is 12.3 Å². The SMILES string of the molecule is N#Cc1ccc(CC2C(=O)Nc3ccccc32)cc1. The van der Waals surface area contributed by atoms with Gasteiger partial charge in [0.15, 0.2) is 0 Å². The molecular formula is C16H12N2O. The van der Waals surface area contributed by atoms with Gasteiger partial charge in [0.2, 0.25) is 5.91 Å². The number of nitriles is 1. The molecule has 1 heterocycles. The minimum atomic E-state index is -0.135. The number of rotatable bonds is 2. The molecule has 2 aromatic rings. The molecule has 1 N–H and O–H groups in total. The fraction of sp³-hybridized carbons (Fsp3) is 0.125. The van der Waals surface area contributed by atoms with Gasteiger partial charge in [0, 0.05) is 5.69 Å². The number of carbonyl (C=O) groups excluding carboxylic acids is 1. The molecule has 3 nitrogen and oxygen atoms in total. The van der Waals surface area contributed by atoms with E-state index in [1.807, 2.05) is 36.4 Å². The lowest BCUT2D eigenvalue weighted by atomic mass is 9.93. The molecule has 0 fully saturated rings. The summed E-state index contributed by atoms with van der Waals surface area (Å²) in [5.41, 5.74) is 3.67. The second-order valence-electron chi connectivity index (χ2n) is 4.64. The number of benzene rings is 2. The molecule has 3 heteroatoms. The molecule has 2 aromatic carbocycles. The number of hydrogen-bond donors (Lipinski definition) is 1. The first-order valence-electron chi connectivity index (χ1n) is 6.17. The van der Waals surface area contributed by atoms with E-state index in [1.54, 1.807) is 12.1 Å². The Balaban J connectivity index is 1.87. The zero-order valence-electron chi connectivity index (χ0n) is 10.3. The van der Waals surface area contributed by atoms with E-state index >= 15 is 0 Å². The highest BCUT2D eigenvalue weighted by Crippen LogP contribution is 2.34. The van der Waals surface area contributed by atoms with Gasteiger partial charge in [-0.15, -0.1) is 0 Å². The number of nitrogens with zero attached hydrogens (tertiary/aromatic N) is 1. The minimum absolute atomic E-state index is 0.0468. The molecule has 1 unspecified atom stereocenters. The lowest BCUT2D eigenvalue weighted by Crippen LogP contribution is -2.14. The molecule has 19 heavy (non-hydrogen) atoms. The van der Waals surface area contributed by atoms with Crippen LogP contribution in [0.15, 0.2) is 48.5 Å². The maximum atomic E-state index is 12.0. The van der Waals surface area contributed by atoms with Crippen LogP contribution in [0.25, 0.3) is 0 Å². The Bertz CT molecular complexity index is 668. The molecule has 0 aliphatic carbocycles. The summed E-state index contributed by atoms with van der Waals surface area (Å²) in [6, 6.07) is 17.3. The van der Waals surface area contributed by atoms with Gasteiger partial charge in [0.25, 0.3) is 0 Å². The highest BCUT2D eigenvalue weighted by molar-refractivity contribution is 6.03. The molecule has 1 amide bonds. The number of fused-ring (bicyclic) bond motifs is 1. The number of para-hydroxylation sites is 1. The zero-order chi connectivity index (χ0) is 13.2. The van der Waals surface area contributed by atoms with Crippen molar-refractivity contribution >= 4 is 11.6 Å². The molecule has 1 aliphatic rings. The quantitative estimate of drug-likeness (QED) is 0.888. The van der Waals surface area contributed by atoms with Crippen LogP contribution in [0.1, 0.15) is 22.6 Å².